The van der Waals surface area contributed by atoms with Crippen LogP contribution in [0.25, 0.3) is 0 Å². The molecule has 1 aromatic rings. The van der Waals surface area contributed by atoms with Crippen LogP contribution in [0.5, 0.6) is 0 Å². The molecule has 0 radical (unpaired) electrons. The Morgan fingerprint density at radius 1 is 1.00 bits per heavy atom. The fourth-order valence-corrected chi connectivity index (χ4v) is 3.61. The average molecular weight is 448 g/mol. The summed E-state index contributed by atoms with van der Waals surface area (Å²) in [6.45, 7) is 9.69. The molecule has 1 amide bonds. The highest BCUT2D eigenvalue weighted by atomic mass is 16.5. The summed E-state index contributed by atoms with van der Waals surface area (Å²) < 4.78 is 5.57. The maximum absolute atomic E-state index is 12.9. The lowest BCUT2D eigenvalue weighted by Gasteiger charge is -2.31. The van der Waals surface area contributed by atoms with Crippen LogP contribution in [0.2, 0.25) is 0 Å². The smallest absolute Gasteiger partial charge is 0.323 e. The van der Waals surface area contributed by atoms with Crippen LogP contribution in [0.1, 0.15) is 38.2 Å². The number of esters is 1. The minimum absolute atomic E-state index is 0.0445. The number of nitrogens with one attached hydrogen (secondary N) is 4. The second-order valence-electron chi connectivity index (χ2n) is 8.12. The molecule has 1 aromatic carbocycles. The van der Waals surface area contributed by atoms with Gasteiger partial charge in [-0.05, 0) is 18.4 Å². The third kappa shape index (κ3) is 11.0. The molecule has 0 bridgehead atoms. The van der Waals surface area contributed by atoms with Crippen LogP contribution in [-0.4, -0.2) is 81.8 Å². The van der Waals surface area contributed by atoms with E-state index in [4.69, 9.17) is 4.74 Å². The highest BCUT2D eigenvalue weighted by Crippen LogP contribution is 2.11. The molecule has 0 spiro atoms. The van der Waals surface area contributed by atoms with Crippen molar-refractivity contribution in [1.82, 2.24) is 26.2 Å². The molecular weight excluding hydrogens is 406 g/mol. The van der Waals surface area contributed by atoms with Gasteiger partial charge in [-0.15, -0.1) is 0 Å². The van der Waals surface area contributed by atoms with Crippen molar-refractivity contribution in [1.29, 1.82) is 0 Å². The van der Waals surface area contributed by atoms with Gasteiger partial charge in [-0.3, -0.25) is 14.5 Å². The zero-order valence-corrected chi connectivity index (χ0v) is 19.5. The molecule has 180 valence electrons. The lowest BCUT2D eigenvalue weighted by atomic mass is 10.1. The molecule has 8 nitrogen and oxygen atoms in total. The van der Waals surface area contributed by atoms with Crippen LogP contribution < -0.4 is 21.3 Å². The number of hydrogen-bond donors (Lipinski definition) is 4. The van der Waals surface area contributed by atoms with Crippen LogP contribution in [0.15, 0.2) is 30.3 Å². The summed E-state index contributed by atoms with van der Waals surface area (Å²) in [5.74, 6) is -0.264. The van der Waals surface area contributed by atoms with Gasteiger partial charge in [0.2, 0.25) is 5.91 Å². The zero-order valence-electron chi connectivity index (χ0n) is 19.5. The van der Waals surface area contributed by atoms with E-state index in [-0.39, 0.29) is 11.9 Å². The molecule has 1 fully saturated rings. The average Bonchev–Trinajstić information content (AvgIpc) is 2.80. The molecule has 1 saturated heterocycles. The van der Waals surface area contributed by atoms with E-state index < -0.39 is 6.04 Å². The molecule has 1 atom stereocenters. The number of unbranched alkanes of at least 4 members (excludes halogenated alkanes) is 1. The zero-order chi connectivity index (χ0) is 22.9. The van der Waals surface area contributed by atoms with Crippen molar-refractivity contribution < 1.29 is 14.3 Å². The Hall–Kier alpha value is -2.00. The van der Waals surface area contributed by atoms with E-state index in [9.17, 15) is 9.59 Å². The van der Waals surface area contributed by atoms with E-state index in [1.807, 2.05) is 30.3 Å². The van der Waals surface area contributed by atoms with E-state index in [0.717, 1.165) is 70.8 Å². The van der Waals surface area contributed by atoms with Crippen molar-refractivity contribution in [2.24, 2.45) is 0 Å². The lowest BCUT2D eigenvalue weighted by molar-refractivity contribution is -0.150. The second kappa shape index (κ2) is 16.6. The van der Waals surface area contributed by atoms with E-state index in [0.29, 0.717) is 26.0 Å². The number of hydrogen-bond acceptors (Lipinski definition) is 7. The van der Waals surface area contributed by atoms with Crippen molar-refractivity contribution in [2.45, 2.75) is 45.2 Å². The minimum Gasteiger partial charge on any atom is -0.465 e. The van der Waals surface area contributed by atoms with Crippen LogP contribution in [0.3, 0.4) is 0 Å². The molecule has 1 aliphatic rings. The lowest BCUT2D eigenvalue weighted by Crippen LogP contribution is -2.49. The molecule has 1 unspecified atom stereocenters. The largest absolute Gasteiger partial charge is 0.465 e. The van der Waals surface area contributed by atoms with Gasteiger partial charge in [0.15, 0.2) is 0 Å². The highest BCUT2D eigenvalue weighted by molar-refractivity contribution is 5.79. The molecule has 8 heteroatoms. The first-order chi connectivity index (χ1) is 15.7. The monoisotopic (exact) mass is 447 g/mol. The van der Waals surface area contributed by atoms with E-state index >= 15 is 0 Å². The van der Waals surface area contributed by atoms with Crippen LogP contribution >= 0.6 is 0 Å². The minimum atomic E-state index is -0.418. The van der Waals surface area contributed by atoms with Gasteiger partial charge < -0.3 is 26.0 Å². The summed E-state index contributed by atoms with van der Waals surface area (Å²) in [6, 6.07) is 9.43. The van der Waals surface area contributed by atoms with Gasteiger partial charge in [0.1, 0.15) is 6.04 Å². The predicted molar refractivity (Wildman–Crippen MR) is 127 cm³/mol. The van der Waals surface area contributed by atoms with Crippen LogP contribution in [0, 0.1) is 0 Å². The van der Waals surface area contributed by atoms with Crippen LogP contribution in [-0.2, 0) is 20.9 Å². The van der Waals surface area contributed by atoms with Crippen LogP contribution in [0.4, 0.5) is 0 Å². The summed E-state index contributed by atoms with van der Waals surface area (Å²) in [4.78, 5) is 27.6. The number of ether oxygens (including phenoxy) is 1. The van der Waals surface area contributed by atoms with Gasteiger partial charge in [-0.1, -0.05) is 43.7 Å². The van der Waals surface area contributed by atoms with Gasteiger partial charge >= 0.3 is 5.97 Å². The van der Waals surface area contributed by atoms with E-state index in [1.54, 1.807) is 0 Å². The number of rotatable bonds is 10. The van der Waals surface area contributed by atoms with E-state index in [2.05, 4.69) is 33.1 Å². The van der Waals surface area contributed by atoms with Crippen molar-refractivity contribution in [3.63, 3.8) is 0 Å². The Morgan fingerprint density at radius 3 is 2.25 bits per heavy atom. The molecule has 0 saturated carbocycles. The molecule has 32 heavy (non-hydrogen) atoms. The summed E-state index contributed by atoms with van der Waals surface area (Å²) in [5, 5.41) is 13.2. The van der Waals surface area contributed by atoms with Gasteiger partial charge in [0, 0.05) is 65.3 Å². The Morgan fingerprint density at radius 2 is 1.62 bits per heavy atom. The summed E-state index contributed by atoms with van der Waals surface area (Å²) in [6.07, 6.45) is 2.58. The Kier molecular flexibility index (Phi) is 13.6. The first kappa shape index (κ1) is 26.3. The van der Waals surface area contributed by atoms with Gasteiger partial charge in [-0.25, -0.2) is 0 Å². The molecule has 1 heterocycles. The highest BCUT2D eigenvalue weighted by Gasteiger charge is 2.27. The summed E-state index contributed by atoms with van der Waals surface area (Å²) in [5.41, 5.74) is 1.06. The predicted octanol–water partition coefficient (Wildman–Crippen LogP) is 0.879. The molecular formula is C24H41N5O3. The fraction of sp³-hybridized carbons (Fsp3) is 0.667. The molecule has 1 aliphatic heterocycles. The number of benzene rings is 1. The van der Waals surface area contributed by atoms with Crippen molar-refractivity contribution in [2.75, 3.05) is 59.0 Å². The number of nitrogens with zero attached hydrogens (tertiary/aromatic N) is 1. The van der Waals surface area contributed by atoms with Gasteiger partial charge in [-0.2, -0.15) is 0 Å². The molecule has 4 N–H and O–H groups in total. The molecule has 2 rings (SSSR count). The SMILES string of the molecule is CCCCOC(=O)C(CCC(=O)NCc1ccccc1)N1CCNCCNCCNCC1. The second-order valence-corrected chi connectivity index (χ2v) is 8.12. The number of carbonyl (C=O) groups excluding carboxylic acids is 2. The Balaban J connectivity index is 1.93. The normalized spacial score (nSPS) is 17.5. The van der Waals surface area contributed by atoms with Gasteiger partial charge in [0.25, 0.3) is 0 Å². The first-order valence-electron chi connectivity index (χ1n) is 12.0. The third-order valence-corrected chi connectivity index (χ3v) is 5.54. The van der Waals surface area contributed by atoms with Crippen molar-refractivity contribution >= 4 is 11.9 Å². The number of amides is 1. The molecule has 0 aliphatic carbocycles. The third-order valence-electron chi connectivity index (χ3n) is 5.54. The number of carbonyl (C=O) groups is 2. The fourth-order valence-electron chi connectivity index (χ4n) is 3.61. The summed E-state index contributed by atoms with van der Waals surface area (Å²) >= 11 is 0. The van der Waals surface area contributed by atoms with Gasteiger partial charge in [0.05, 0.1) is 6.61 Å². The summed E-state index contributed by atoms with van der Waals surface area (Å²) in [7, 11) is 0. The first-order valence-corrected chi connectivity index (χ1v) is 12.0. The van der Waals surface area contributed by atoms with E-state index in [1.165, 1.54) is 0 Å². The topological polar surface area (TPSA) is 94.7 Å². The van der Waals surface area contributed by atoms with Crippen molar-refractivity contribution in [3.05, 3.63) is 35.9 Å². The molecule has 0 aromatic heterocycles. The Labute approximate surface area is 192 Å². The maximum Gasteiger partial charge on any atom is 0.323 e. The quantitative estimate of drug-likeness (QED) is 0.312. The maximum atomic E-state index is 12.9. The Bertz CT molecular complexity index is 632. The standard InChI is InChI=1S/C24H41N5O3/c1-2-3-19-32-24(31)22(9-10-23(30)28-20-21-7-5-4-6-8-21)29-17-15-26-13-11-25-12-14-27-16-18-29/h4-8,22,25-27H,2-3,9-20H2,1H3,(H,28,30). The van der Waals surface area contributed by atoms with Crippen molar-refractivity contribution in [3.8, 4) is 0 Å².